The Labute approximate surface area is 126 Å². The number of likely N-dealkylation sites (N-methyl/N-ethyl adjacent to an activating group) is 1. The van der Waals surface area contributed by atoms with Crippen LogP contribution in [0.15, 0.2) is 12.5 Å². The number of carbonyl (C=O) groups excluding carboxylic acids is 1. The summed E-state index contributed by atoms with van der Waals surface area (Å²) in [5, 5.41) is 2.79. The Hall–Kier alpha value is -1.56. The molecular formula is C15H26N4O2. The summed E-state index contributed by atoms with van der Waals surface area (Å²) >= 11 is 0. The normalized spacial score (nSPS) is 19.7. The van der Waals surface area contributed by atoms with E-state index in [1.54, 1.807) is 0 Å². The molecule has 1 aliphatic rings. The number of imidazole rings is 1. The van der Waals surface area contributed by atoms with Crippen molar-refractivity contribution in [3.63, 3.8) is 0 Å². The SMILES string of the molecule is CN1CCC(n2cncc2CCNC(=O)OC(C)(C)C)C1. The second-order valence-corrected chi connectivity index (χ2v) is 6.68. The average molecular weight is 294 g/mol. The number of aromatic nitrogens is 2. The summed E-state index contributed by atoms with van der Waals surface area (Å²) in [6, 6.07) is 0.494. The summed E-state index contributed by atoms with van der Waals surface area (Å²) in [4.78, 5) is 18.2. The standard InChI is InChI=1S/C15H26N4O2/c1-15(2,3)21-14(20)17-7-5-12-9-16-11-19(12)13-6-8-18(4)10-13/h9,11,13H,5-8,10H2,1-4H3,(H,17,20). The molecule has 1 atom stereocenters. The van der Waals surface area contributed by atoms with Crippen LogP contribution in [0.2, 0.25) is 0 Å². The third-order valence-corrected chi connectivity index (χ3v) is 3.56. The van der Waals surface area contributed by atoms with Crippen molar-refractivity contribution in [2.45, 2.75) is 45.3 Å². The number of likely N-dealkylation sites (tertiary alicyclic amines) is 1. The Bertz CT molecular complexity index is 478. The maximum Gasteiger partial charge on any atom is 0.407 e. The quantitative estimate of drug-likeness (QED) is 0.920. The maximum absolute atomic E-state index is 11.6. The minimum atomic E-state index is -0.458. The van der Waals surface area contributed by atoms with E-state index in [1.165, 1.54) is 0 Å². The molecule has 0 bridgehead atoms. The molecule has 6 heteroatoms. The van der Waals surface area contributed by atoms with Crippen LogP contribution >= 0.6 is 0 Å². The van der Waals surface area contributed by atoms with E-state index in [0.29, 0.717) is 12.6 Å². The lowest BCUT2D eigenvalue weighted by Crippen LogP contribution is -2.33. The van der Waals surface area contributed by atoms with Crippen molar-refractivity contribution < 1.29 is 9.53 Å². The summed E-state index contributed by atoms with van der Waals surface area (Å²) < 4.78 is 7.46. The van der Waals surface area contributed by atoms with Crippen molar-refractivity contribution in [1.82, 2.24) is 19.8 Å². The zero-order valence-corrected chi connectivity index (χ0v) is 13.4. The largest absolute Gasteiger partial charge is 0.444 e. The second kappa shape index (κ2) is 6.47. The fraction of sp³-hybridized carbons (Fsp3) is 0.733. The first-order valence-corrected chi connectivity index (χ1v) is 7.51. The first-order valence-electron chi connectivity index (χ1n) is 7.51. The summed E-state index contributed by atoms with van der Waals surface area (Å²) in [5.74, 6) is 0. The average Bonchev–Trinajstić information content (AvgIpc) is 2.95. The summed E-state index contributed by atoms with van der Waals surface area (Å²) in [5.41, 5.74) is 0.701. The van der Waals surface area contributed by atoms with Crippen LogP contribution in [0.5, 0.6) is 0 Å². The van der Waals surface area contributed by atoms with Crippen LogP contribution in [0, 0.1) is 0 Å². The van der Waals surface area contributed by atoms with E-state index in [2.05, 4.69) is 26.8 Å². The number of ether oxygens (including phenoxy) is 1. The van der Waals surface area contributed by atoms with Gasteiger partial charge in [0.2, 0.25) is 0 Å². The zero-order chi connectivity index (χ0) is 15.5. The van der Waals surface area contributed by atoms with Crippen molar-refractivity contribution in [2.24, 2.45) is 0 Å². The number of nitrogens with one attached hydrogen (secondary N) is 1. The number of hydrogen-bond donors (Lipinski definition) is 1. The molecule has 1 saturated heterocycles. The van der Waals surface area contributed by atoms with Crippen LogP contribution in [0.3, 0.4) is 0 Å². The minimum Gasteiger partial charge on any atom is -0.444 e. The van der Waals surface area contributed by atoms with Crippen LogP contribution in [0.4, 0.5) is 4.79 Å². The molecule has 21 heavy (non-hydrogen) atoms. The highest BCUT2D eigenvalue weighted by Crippen LogP contribution is 2.21. The Kier molecular flexibility index (Phi) is 4.88. The zero-order valence-electron chi connectivity index (χ0n) is 13.4. The highest BCUT2D eigenvalue weighted by molar-refractivity contribution is 5.67. The third kappa shape index (κ3) is 4.74. The molecule has 1 fully saturated rings. The van der Waals surface area contributed by atoms with Gasteiger partial charge in [-0.25, -0.2) is 9.78 Å². The van der Waals surface area contributed by atoms with Crippen LogP contribution in [-0.4, -0.2) is 52.8 Å². The maximum atomic E-state index is 11.6. The van der Waals surface area contributed by atoms with Crippen molar-refractivity contribution in [1.29, 1.82) is 0 Å². The topological polar surface area (TPSA) is 59.4 Å². The van der Waals surface area contributed by atoms with Crippen molar-refractivity contribution >= 4 is 6.09 Å². The Morgan fingerprint density at radius 1 is 1.52 bits per heavy atom. The molecule has 6 nitrogen and oxygen atoms in total. The Balaban J connectivity index is 1.82. The van der Waals surface area contributed by atoms with Gasteiger partial charge in [-0.15, -0.1) is 0 Å². The van der Waals surface area contributed by atoms with E-state index in [0.717, 1.165) is 31.6 Å². The lowest BCUT2D eigenvalue weighted by atomic mass is 10.2. The molecule has 1 aromatic heterocycles. The number of hydrogen-bond acceptors (Lipinski definition) is 4. The Morgan fingerprint density at radius 2 is 2.29 bits per heavy atom. The number of nitrogens with zero attached hydrogens (tertiary/aromatic N) is 3. The van der Waals surface area contributed by atoms with E-state index >= 15 is 0 Å². The van der Waals surface area contributed by atoms with Gasteiger partial charge < -0.3 is 19.5 Å². The van der Waals surface area contributed by atoms with E-state index in [9.17, 15) is 4.79 Å². The number of amides is 1. The van der Waals surface area contributed by atoms with E-state index in [1.807, 2.05) is 33.3 Å². The van der Waals surface area contributed by atoms with E-state index < -0.39 is 5.60 Å². The molecule has 1 aromatic rings. The smallest absolute Gasteiger partial charge is 0.407 e. The molecule has 2 rings (SSSR count). The number of rotatable bonds is 4. The van der Waals surface area contributed by atoms with Gasteiger partial charge in [-0.05, 0) is 40.8 Å². The first-order chi connectivity index (χ1) is 9.85. The molecule has 1 unspecified atom stereocenters. The fourth-order valence-electron chi connectivity index (χ4n) is 2.60. The molecule has 1 amide bonds. The van der Waals surface area contributed by atoms with E-state index in [4.69, 9.17) is 4.74 Å². The minimum absolute atomic E-state index is 0.367. The summed E-state index contributed by atoms with van der Waals surface area (Å²) in [6.45, 7) is 8.32. The predicted octanol–water partition coefficient (Wildman–Crippen LogP) is 1.83. The lowest BCUT2D eigenvalue weighted by molar-refractivity contribution is 0.0528. The molecule has 0 saturated carbocycles. The molecule has 1 aliphatic heterocycles. The van der Waals surface area contributed by atoms with Crippen molar-refractivity contribution in [3.05, 3.63) is 18.2 Å². The van der Waals surface area contributed by atoms with Crippen LogP contribution in [0.25, 0.3) is 0 Å². The van der Waals surface area contributed by atoms with Crippen LogP contribution < -0.4 is 5.32 Å². The second-order valence-electron chi connectivity index (χ2n) is 6.68. The Morgan fingerprint density at radius 3 is 2.90 bits per heavy atom. The molecule has 0 aromatic carbocycles. The molecular weight excluding hydrogens is 268 g/mol. The van der Waals surface area contributed by atoms with Gasteiger partial charge in [-0.2, -0.15) is 0 Å². The van der Waals surface area contributed by atoms with Gasteiger partial charge >= 0.3 is 6.09 Å². The summed E-state index contributed by atoms with van der Waals surface area (Å²) in [6.07, 6.45) is 5.33. The van der Waals surface area contributed by atoms with Gasteiger partial charge in [-0.3, -0.25) is 0 Å². The third-order valence-electron chi connectivity index (χ3n) is 3.56. The number of carbonyl (C=O) groups is 1. The van der Waals surface area contributed by atoms with Gasteiger partial charge in [0.25, 0.3) is 0 Å². The first kappa shape index (κ1) is 15.8. The highest BCUT2D eigenvalue weighted by atomic mass is 16.6. The molecule has 0 spiro atoms. The van der Waals surface area contributed by atoms with Crippen LogP contribution in [-0.2, 0) is 11.2 Å². The fourth-order valence-corrected chi connectivity index (χ4v) is 2.60. The molecule has 2 heterocycles. The van der Waals surface area contributed by atoms with E-state index in [-0.39, 0.29) is 6.09 Å². The van der Waals surface area contributed by atoms with Crippen molar-refractivity contribution in [3.8, 4) is 0 Å². The molecule has 1 N–H and O–H groups in total. The van der Waals surface area contributed by atoms with Gasteiger partial charge in [0.05, 0.1) is 6.33 Å². The van der Waals surface area contributed by atoms with Crippen molar-refractivity contribution in [2.75, 3.05) is 26.7 Å². The molecule has 0 radical (unpaired) electrons. The van der Waals surface area contributed by atoms with Gasteiger partial charge in [0, 0.05) is 37.4 Å². The highest BCUT2D eigenvalue weighted by Gasteiger charge is 2.22. The number of alkyl carbamates (subject to hydrolysis) is 1. The monoisotopic (exact) mass is 294 g/mol. The van der Waals surface area contributed by atoms with Crippen LogP contribution in [0.1, 0.15) is 38.9 Å². The molecule has 118 valence electrons. The lowest BCUT2D eigenvalue weighted by Gasteiger charge is -2.20. The summed E-state index contributed by atoms with van der Waals surface area (Å²) in [7, 11) is 2.14. The van der Waals surface area contributed by atoms with Gasteiger partial charge in [-0.1, -0.05) is 0 Å². The molecule has 0 aliphatic carbocycles. The predicted molar refractivity (Wildman–Crippen MR) is 81.3 cm³/mol. The van der Waals surface area contributed by atoms with Gasteiger partial charge in [0.1, 0.15) is 5.60 Å². The van der Waals surface area contributed by atoms with Gasteiger partial charge in [0.15, 0.2) is 0 Å².